The first kappa shape index (κ1) is 20.3. The van der Waals surface area contributed by atoms with E-state index in [-0.39, 0.29) is 11.6 Å². The molecule has 0 bridgehead atoms. The van der Waals surface area contributed by atoms with Crippen molar-refractivity contribution in [1.82, 2.24) is 9.88 Å². The van der Waals surface area contributed by atoms with E-state index in [1.165, 1.54) is 5.56 Å². The lowest BCUT2D eigenvalue weighted by molar-refractivity contribution is 0.110. The summed E-state index contributed by atoms with van der Waals surface area (Å²) in [6.45, 7) is 1.66. The van der Waals surface area contributed by atoms with Crippen LogP contribution >= 0.6 is 0 Å². The zero-order valence-electron chi connectivity index (χ0n) is 15.9. The van der Waals surface area contributed by atoms with Crippen molar-refractivity contribution in [1.29, 1.82) is 5.26 Å². The summed E-state index contributed by atoms with van der Waals surface area (Å²) in [5.74, 6) is 1.97. The molecule has 1 aromatic carbocycles. The fraction of sp³-hybridized carbons (Fsp3) is 0.429. The molecule has 0 radical (unpaired) electrons. The summed E-state index contributed by atoms with van der Waals surface area (Å²) < 4.78 is 17.5. The Morgan fingerprint density at radius 1 is 1.29 bits per heavy atom. The van der Waals surface area contributed by atoms with Crippen LogP contribution in [-0.4, -0.2) is 45.0 Å². The Hall–Kier alpha value is -2.43. The molecule has 2 aliphatic heterocycles. The monoisotopic (exact) mass is 399 g/mol. The summed E-state index contributed by atoms with van der Waals surface area (Å²) in [6, 6.07) is 10.3. The van der Waals surface area contributed by atoms with Crippen molar-refractivity contribution in [3.05, 3.63) is 47.7 Å². The Bertz CT molecular complexity index is 887. The van der Waals surface area contributed by atoms with Crippen molar-refractivity contribution >= 4 is 10.8 Å². The number of pyridine rings is 1. The largest absolute Gasteiger partial charge is 0.488 e. The predicted octanol–water partition coefficient (Wildman–Crippen LogP) is 2.30. The summed E-state index contributed by atoms with van der Waals surface area (Å²) in [5.41, 5.74) is 4.30. The highest BCUT2D eigenvalue weighted by atomic mass is 32.2. The number of aromatic nitrogens is 1. The minimum absolute atomic E-state index is 0. The van der Waals surface area contributed by atoms with Gasteiger partial charge in [-0.1, -0.05) is 24.3 Å². The molecule has 28 heavy (non-hydrogen) atoms. The van der Waals surface area contributed by atoms with Gasteiger partial charge in [0.05, 0.1) is 11.9 Å². The number of likely N-dealkylation sites (tertiary alicyclic amines) is 1. The van der Waals surface area contributed by atoms with E-state index in [1.54, 1.807) is 6.26 Å². The number of benzene rings is 1. The second-order valence-corrected chi connectivity index (χ2v) is 8.81. The lowest BCUT2D eigenvalue weighted by Gasteiger charge is -2.31. The van der Waals surface area contributed by atoms with Gasteiger partial charge in [-0.3, -0.25) is 9.19 Å². The van der Waals surface area contributed by atoms with E-state index in [4.69, 9.17) is 10.00 Å². The zero-order valence-corrected chi connectivity index (χ0v) is 16.7. The molecule has 2 unspecified atom stereocenters. The molecule has 1 aromatic heterocycles. The molecule has 6 nitrogen and oxygen atoms in total. The Morgan fingerprint density at radius 2 is 2.00 bits per heavy atom. The molecule has 7 heteroatoms. The maximum Gasteiger partial charge on any atom is 0.179 e. The van der Waals surface area contributed by atoms with Crippen molar-refractivity contribution in [2.45, 2.75) is 31.1 Å². The molecular weight excluding hydrogens is 374 g/mol. The van der Waals surface area contributed by atoms with Gasteiger partial charge in [0.1, 0.15) is 11.9 Å². The molecular formula is C21H25N3O3S. The van der Waals surface area contributed by atoms with Gasteiger partial charge < -0.3 is 15.1 Å². The van der Waals surface area contributed by atoms with Gasteiger partial charge in [0.25, 0.3) is 0 Å². The van der Waals surface area contributed by atoms with Gasteiger partial charge in [-0.25, -0.2) is 0 Å². The molecule has 2 atom stereocenters. The smallest absolute Gasteiger partial charge is 0.179 e. The van der Waals surface area contributed by atoms with Crippen molar-refractivity contribution < 1.29 is 14.4 Å². The van der Waals surface area contributed by atoms with Crippen LogP contribution in [0.3, 0.4) is 0 Å². The number of fused-ring (bicyclic) bond motifs is 1. The number of ether oxygens (including phenoxy) is 1. The van der Waals surface area contributed by atoms with Crippen molar-refractivity contribution in [3.63, 3.8) is 0 Å². The molecule has 3 heterocycles. The molecule has 4 rings (SSSR count). The van der Waals surface area contributed by atoms with Crippen molar-refractivity contribution in [3.8, 4) is 23.2 Å². The van der Waals surface area contributed by atoms with E-state index in [0.29, 0.717) is 11.7 Å². The van der Waals surface area contributed by atoms with Crippen LogP contribution in [0.1, 0.15) is 24.0 Å². The summed E-state index contributed by atoms with van der Waals surface area (Å²) in [5, 5.41) is 9.00. The standard InChI is InChI=1S/C21H23N3O2S.H2O/c1-27(25)13-15-2-4-16(5-3-15)19-10-18-11-20(26-21(18)12-23-19)17-6-8-24(14-22)9-7-17;/h2-5,10,12,17,20H,6-9,11,13H2,1H3;1H2. The van der Waals surface area contributed by atoms with Gasteiger partial charge in [0.15, 0.2) is 6.19 Å². The summed E-state index contributed by atoms with van der Waals surface area (Å²) in [4.78, 5) is 6.41. The van der Waals surface area contributed by atoms with Gasteiger partial charge in [-0.15, -0.1) is 0 Å². The van der Waals surface area contributed by atoms with E-state index < -0.39 is 10.8 Å². The van der Waals surface area contributed by atoms with Crippen molar-refractivity contribution in [2.24, 2.45) is 5.92 Å². The summed E-state index contributed by atoms with van der Waals surface area (Å²) >= 11 is 0. The molecule has 0 saturated carbocycles. The number of hydrogen-bond acceptors (Lipinski definition) is 5. The van der Waals surface area contributed by atoms with E-state index in [1.807, 2.05) is 35.4 Å². The number of rotatable bonds is 4. The van der Waals surface area contributed by atoms with Gasteiger partial charge in [-0.2, -0.15) is 5.26 Å². The summed E-state index contributed by atoms with van der Waals surface area (Å²) in [6.07, 6.45) is 8.91. The molecule has 0 spiro atoms. The fourth-order valence-electron chi connectivity index (χ4n) is 3.97. The van der Waals surface area contributed by atoms with Crippen LogP contribution in [0.5, 0.6) is 5.75 Å². The van der Waals surface area contributed by atoms with Crippen LogP contribution < -0.4 is 4.74 Å². The maximum atomic E-state index is 11.4. The lowest BCUT2D eigenvalue weighted by Crippen LogP contribution is -2.36. The average molecular weight is 400 g/mol. The Balaban J connectivity index is 0.00000225. The van der Waals surface area contributed by atoms with E-state index in [9.17, 15) is 4.21 Å². The summed E-state index contributed by atoms with van der Waals surface area (Å²) in [7, 11) is -0.830. The SMILES string of the molecule is CS(=O)Cc1ccc(-c2cc3c(cn2)OC(C2CCN(C#N)CC2)C3)cc1.O. The quantitative estimate of drug-likeness (QED) is 0.735. The fourth-order valence-corrected chi connectivity index (χ4v) is 4.63. The highest BCUT2D eigenvalue weighted by Crippen LogP contribution is 2.36. The Labute approximate surface area is 167 Å². The third-order valence-corrected chi connectivity index (χ3v) is 6.21. The second-order valence-electron chi connectivity index (χ2n) is 7.38. The first-order valence-electron chi connectivity index (χ1n) is 9.32. The minimum Gasteiger partial charge on any atom is -0.488 e. The van der Waals surface area contributed by atoms with Crippen LogP contribution in [0.2, 0.25) is 0 Å². The van der Waals surface area contributed by atoms with Gasteiger partial charge in [-0.05, 0) is 30.4 Å². The normalized spacial score (nSPS) is 19.9. The lowest BCUT2D eigenvalue weighted by atomic mass is 9.89. The number of piperidine rings is 1. The molecule has 0 aliphatic carbocycles. The van der Waals surface area contributed by atoms with E-state index >= 15 is 0 Å². The van der Waals surface area contributed by atoms with Crippen LogP contribution in [0, 0.1) is 17.4 Å². The molecule has 2 aliphatic rings. The Kier molecular flexibility index (Phi) is 6.32. The molecule has 1 saturated heterocycles. The highest BCUT2D eigenvalue weighted by molar-refractivity contribution is 7.83. The molecule has 2 aromatic rings. The number of hydrogen-bond donors (Lipinski definition) is 0. The van der Waals surface area contributed by atoms with Crippen molar-refractivity contribution in [2.75, 3.05) is 19.3 Å². The zero-order chi connectivity index (χ0) is 18.8. The third-order valence-electron chi connectivity index (χ3n) is 5.47. The van der Waals surface area contributed by atoms with Crippen LogP contribution in [-0.2, 0) is 23.0 Å². The first-order valence-corrected chi connectivity index (χ1v) is 11.0. The van der Waals surface area contributed by atoms with Crippen LogP contribution in [0.15, 0.2) is 36.5 Å². The highest BCUT2D eigenvalue weighted by Gasteiger charge is 2.33. The molecule has 148 valence electrons. The maximum absolute atomic E-state index is 11.4. The van der Waals surface area contributed by atoms with E-state index in [2.05, 4.69) is 17.2 Å². The van der Waals surface area contributed by atoms with Gasteiger partial charge >= 0.3 is 0 Å². The predicted molar refractivity (Wildman–Crippen MR) is 109 cm³/mol. The van der Waals surface area contributed by atoms with Gasteiger partial charge in [0, 0.05) is 53.4 Å². The minimum atomic E-state index is -0.830. The average Bonchev–Trinajstić information content (AvgIpc) is 3.11. The van der Waals surface area contributed by atoms with Crippen LogP contribution in [0.25, 0.3) is 11.3 Å². The second kappa shape index (κ2) is 8.72. The van der Waals surface area contributed by atoms with Gasteiger partial charge in [0.2, 0.25) is 0 Å². The third kappa shape index (κ3) is 4.34. The first-order chi connectivity index (χ1) is 13.1. The number of nitriles is 1. The molecule has 1 fully saturated rings. The van der Waals surface area contributed by atoms with E-state index in [0.717, 1.165) is 54.9 Å². The number of nitrogens with zero attached hydrogens (tertiary/aromatic N) is 3. The topological polar surface area (TPSA) is 97.7 Å². The molecule has 0 amide bonds. The van der Waals surface area contributed by atoms with Crippen LogP contribution in [0.4, 0.5) is 0 Å². The Morgan fingerprint density at radius 3 is 2.64 bits per heavy atom. The molecule has 2 N–H and O–H groups in total.